The van der Waals surface area contributed by atoms with Crippen molar-refractivity contribution < 1.29 is 73.2 Å². The van der Waals surface area contributed by atoms with Gasteiger partial charge >= 0.3 is 17.9 Å². The van der Waals surface area contributed by atoms with Gasteiger partial charge in [0.2, 0.25) is 0 Å². The molecule has 0 spiro atoms. The van der Waals surface area contributed by atoms with Crippen LogP contribution in [0.1, 0.15) is 0 Å². The summed E-state index contributed by atoms with van der Waals surface area (Å²) < 4.78 is 13.9. The van der Waals surface area contributed by atoms with Gasteiger partial charge < -0.3 is 29.5 Å². The highest BCUT2D eigenvalue weighted by Gasteiger charge is 2.17. The average Bonchev–Trinajstić information content (AvgIpc) is 2.88. The lowest BCUT2D eigenvalue weighted by Crippen LogP contribution is -2.31. The van der Waals surface area contributed by atoms with Gasteiger partial charge in [-0.2, -0.15) is 0 Å². The maximum absolute atomic E-state index is 11.0. The third kappa shape index (κ3) is 19.6. The Bertz CT molecular complexity index is 630. The topological polar surface area (TPSA) is 195 Å². The van der Waals surface area contributed by atoms with E-state index in [1.807, 2.05) is 0 Å². The Morgan fingerprint density at radius 2 is 0.833 bits per heavy atom. The molecule has 0 aliphatic heterocycles. The van der Waals surface area contributed by atoms with Crippen molar-refractivity contribution in [1.82, 2.24) is 0 Å². The molecule has 0 aliphatic carbocycles. The van der Waals surface area contributed by atoms with Gasteiger partial charge in [-0.3, -0.25) is 0 Å². The molecule has 0 aliphatic rings. The van der Waals surface area contributed by atoms with Gasteiger partial charge in [0.1, 0.15) is 77.3 Å². The molecule has 0 aromatic heterocycles. The van der Waals surface area contributed by atoms with Crippen molar-refractivity contribution in [1.29, 1.82) is 0 Å². The molecule has 0 rings (SSSR count). The zero-order valence-electron chi connectivity index (χ0n) is 19.6. The monoisotopic (exact) mass is 524 g/mol. The van der Waals surface area contributed by atoms with Crippen LogP contribution in [0.2, 0.25) is 0 Å². The first-order valence-electron chi connectivity index (χ1n) is 10.4. The molecule has 3 N–H and O–H groups in total. The Kier molecular flexibility index (Phi) is 19.9. The van der Waals surface area contributed by atoms with Crippen molar-refractivity contribution in [3.63, 3.8) is 0 Å². The summed E-state index contributed by atoms with van der Waals surface area (Å²) >= 11 is 0. The number of ether oxygens (including phenoxy) is 3. The lowest BCUT2D eigenvalue weighted by molar-refractivity contribution is -0.399. The van der Waals surface area contributed by atoms with Gasteiger partial charge in [0.25, 0.3) is 0 Å². The molecule has 15 heteroatoms. The van der Waals surface area contributed by atoms with Gasteiger partial charge in [0, 0.05) is 18.2 Å². The standard InChI is InChI=1S/C21H32O15/c1-4-19(25)28-7-15(22)10-31-33-13-18(36-35-12-17(24)9-30-21(27)6-3)14-34-32-11-16(23)8-29-20(26)5-2/h4-6,15-18,22-24H,1-3,7-14H2. The third-order valence-corrected chi connectivity index (χ3v) is 3.41. The summed E-state index contributed by atoms with van der Waals surface area (Å²) in [6.07, 6.45) is -1.81. The molecule has 0 saturated carbocycles. The maximum Gasteiger partial charge on any atom is 0.330 e. The third-order valence-electron chi connectivity index (χ3n) is 3.41. The molecule has 15 nitrogen and oxygen atoms in total. The highest BCUT2D eigenvalue weighted by Crippen LogP contribution is 2.01. The van der Waals surface area contributed by atoms with Crippen molar-refractivity contribution in [2.75, 3.05) is 52.9 Å². The Labute approximate surface area is 207 Å². The fourth-order valence-electron chi connectivity index (χ4n) is 1.68. The van der Waals surface area contributed by atoms with Crippen LogP contribution in [0.3, 0.4) is 0 Å². The summed E-state index contributed by atoms with van der Waals surface area (Å²) in [5.74, 6) is -2.17. The maximum atomic E-state index is 11.0. The van der Waals surface area contributed by atoms with Crippen LogP contribution in [0.15, 0.2) is 38.0 Å². The van der Waals surface area contributed by atoms with E-state index < -0.39 is 48.9 Å². The first kappa shape index (κ1) is 33.3. The number of rotatable bonds is 23. The Morgan fingerprint density at radius 1 is 0.528 bits per heavy atom. The van der Waals surface area contributed by atoms with Crippen LogP contribution in [0.5, 0.6) is 0 Å². The molecule has 0 aromatic rings. The Balaban J connectivity index is 4.40. The van der Waals surface area contributed by atoms with Crippen molar-refractivity contribution in [3.8, 4) is 0 Å². The second kappa shape index (κ2) is 21.5. The van der Waals surface area contributed by atoms with E-state index in [1.165, 1.54) is 0 Å². The highest BCUT2D eigenvalue weighted by molar-refractivity contribution is 5.81. The summed E-state index contributed by atoms with van der Waals surface area (Å²) in [7, 11) is 0. The molecule has 206 valence electrons. The van der Waals surface area contributed by atoms with E-state index in [0.717, 1.165) is 18.2 Å². The second-order valence-corrected chi connectivity index (χ2v) is 6.60. The number of hydrogen-bond donors (Lipinski definition) is 3. The van der Waals surface area contributed by atoms with Crippen molar-refractivity contribution in [2.24, 2.45) is 0 Å². The van der Waals surface area contributed by atoms with E-state index in [1.54, 1.807) is 0 Å². The molecule has 0 fully saturated rings. The Morgan fingerprint density at radius 3 is 1.17 bits per heavy atom. The molecular weight excluding hydrogens is 492 g/mol. The van der Waals surface area contributed by atoms with E-state index in [2.05, 4.69) is 33.9 Å². The summed E-state index contributed by atoms with van der Waals surface area (Å²) in [5.41, 5.74) is 0. The fourth-order valence-corrected chi connectivity index (χ4v) is 1.68. The van der Waals surface area contributed by atoms with Crippen molar-refractivity contribution in [2.45, 2.75) is 24.4 Å². The summed E-state index contributed by atoms with van der Waals surface area (Å²) in [6.45, 7) is 6.77. The summed E-state index contributed by atoms with van der Waals surface area (Å²) in [4.78, 5) is 62.1. The number of carbonyl (C=O) groups is 3. The van der Waals surface area contributed by atoms with Gasteiger partial charge in [-0.25, -0.2) is 43.7 Å². The fraction of sp³-hybridized carbons (Fsp3) is 0.571. The van der Waals surface area contributed by atoms with Crippen LogP contribution >= 0.6 is 0 Å². The van der Waals surface area contributed by atoms with Crippen LogP contribution in [-0.4, -0.2) is 110 Å². The first-order valence-corrected chi connectivity index (χ1v) is 10.4. The minimum atomic E-state index is -1.22. The molecule has 36 heavy (non-hydrogen) atoms. The van der Waals surface area contributed by atoms with E-state index in [-0.39, 0.29) is 46.2 Å². The smallest absolute Gasteiger partial charge is 0.330 e. The van der Waals surface area contributed by atoms with Gasteiger partial charge in [-0.05, 0) is 0 Å². The molecule has 0 heterocycles. The van der Waals surface area contributed by atoms with E-state index in [9.17, 15) is 29.7 Å². The predicted octanol–water partition coefficient (Wildman–Crippen LogP) is -1.53. The molecule has 3 atom stereocenters. The zero-order valence-corrected chi connectivity index (χ0v) is 19.6. The van der Waals surface area contributed by atoms with Gasteiger partial charge in [0.15, 0.2) is 0 Å². The molecular formula is C21H32O15. The van der Waals surface area contributed by atoms with E-state index in [4.69, 9.17) is 29.3 Å². The number of esters is 3. The normalized spacial score (nSPS) is 14.1. The number of aliphatic hydroxyl groups is 3. The first-order chi connectivity index (χ1) is 17.2. The molecule has 0 aromatic carbocycles. The lowest BCUT2D eigenvalue weighted by atomic mass is 10.4. The largest absolute Gasteiger partial charge is 0.460 e. The predicted molar refractivity (Wildman–Crippen MR) is 116 cm³/mol. The molecule has 3 unspecified atom stereocenters. The highest BCUT2D eigenvalue weighted by atomic mass is 17.2. The van der Waals surface area contributed by atoms with Crippen molar-refractivity contribution in [3.05, 3.63) is 38.0 Å². The van der Waals surface area contributed by atoms with Crippen LogP contribution in [0, 0.1) is 0 Å². The zero-order chi connectivity index (χ0) is 27.2. The quantitative estimate of drug-likeness (QED) is 0.0347. The van der Waals surface area contributed by atoms with Crippen LogP contribution in [0.4, 0.5) is 0 Å². The molecule has 0 saturated heterocycles. The number of hydrogen-bond acceptors (Lipinski definition) is 15. The second-order valence-electron chi connectivity index (χ2n) is 6.60. The van der Waals surface area contributed by atoms with Crippen LogP contribution in [0.25, 0.3) is 0 Å². The van der Waals surface area contributed by atoms with Gasteiger partial charge in [-0.1, -0.05) is 19.7 Å². The van der Waals surface area contributed by atoms with E-state index >= 15 is 0 Å². The number of aliphatic hydroxyl groups excluding tert-OH is 3. The van der Waals surface area contributed by atoms with E-state index in [0.29, 0.717) is 0 Å². The summed E-state index contributed by atoms with van der Waals surface area (Å²) in [6, 6.07) is 0. The molecule has 0 amide bonds. The minimum Gasteiger partial charge on any atom is -0.460 e. The SMILES string of the molecule is C=CC(=O)OCC(O)COOCC(COOCC(O)COC(=O)C=C)OOCC(O)COC(=O)C=C. The van der Waals surface area contributed by atoms with Gasteiger partial charge in [0.05, 0.1) is 0 Å². The average molecular weight is 524 g/mol. The lowest BCUT2D eigenvalue weighted by Gasteiger charge is -2.18. The molecule has 0 radical (unpaired) electrons. The van der Waals surface area contributed by atoms with Crippen LogP contribution in [-0.2, 0) is 57.9 Å². The van der Waals surface area contributed by atoms with Crippen LogP contribution < -0.4 is 0 Å². The summed E-state index contributed by atoms with van der Waals surface area (Å²) in [5, 5.41) is 29.0. The Hall–Kier alpha value is -2.73. The number of carbonyl (C=O) groups excluding carboxylic acids is 3. The minimum absolute atomic E-state index is 0.330. The van der Waals surface area contributed by atoms with Crippen molar-refractivity contribution >= 4 is 17.9 Å². The molecule has 0 bridgehead atoms. The van der Waals surface area contributed by atoms with Gasteiger partial charge in [-0.15, -0.1) is 0 Å².